The van der Waals surface area contributed by atoms with Crippen molar-refractivity contribution in [3.8, 4) is 0 Å². The molecule has 2 unspecified atom stereocenters. The lowest BCUT2D eigenvalue weighted by Gasteiger charge is -2.33. The molecule has 2 aliphatic carbocycles. The zero-order valence-corrected chi connectivity index (χ0v) is 9.90. The van der Waals surface area contributed by atoms with Crippen LogP contribution in [0.1, 0.15) is 32.1 Å². The fourth-order valence-electron chi connectivity index (χ4n) is 3.56. The molecule has 2 atom stereocenters. The van der Waals surface area contributed by atoms with Crippen LogP contribution in [0.15, 0.2) is 0 Å². The fraction of sp³-hybridized carbons (Fsp3) is 0.923. The molecule has 1 amide bonds. The van der Waals surface area contributed by atoms with Crippen LogP contribution in [-0.2, 0) is 4.79 Å². The molecule has 2 saturated carbocycles. The normalized spacial score (nSPS) is 38.6. The maximum Gasteiger partial charge on any atom is 0.225 e. The van der Waals surface area contributed by atoms with Crippen molar-refractivity contribution >= 4 is 5.91 Å². The number of piperidine rings is 1. The van der Waals surface area contributed by atoms with E-state index in [1.165, 1.54) is 19.3 Å². The highest BCUT2D eigenvalue weighted by Crippen LogP contribution is 2.54. The molecule has 0 aromatic heterocycles. The first-order valence-corrected chi connectivity index (χ1v) is 6.76. The molecule has 16 heavy (non-hydrogen) atoms. The van der Waals surface area contributed by atoms with Crippen LogP contribution >= 0.6 is 0 Å². The number of likely N-dealkylation sites (tertiary alicyclic amines) is 1. The molecule has 1 aliphatic heterocycles. The van der Waals surface area contributed by atoms with Gasteiger partial charge < -0.3 is 10.6 Å². The third-order valence-corrected chi connectivity index (χ3v) is 4.85. The maximum atomic E-state index is 12.3. The van der Waals surface area contributed by atoms with Gasteiger partial charge in [-0.1, -0.05) is 0 Å². The molecule has 3 rings (SSSR count). The summed E-state index contributed by atoms with van der Waals surface area (Å²) >= 11 is 0. The Hall–Kier alpha value is -0.570. The van der Waals surface area contributed by atoms with Crippen LogP contribution < -0.4 is 5.73 Å². The molecule has 0 aromatic carbocycles. The zero-order chi connectivity index (χ0) is 11.1. The van der Waals surface area contributed by atoms with Gasteiger partial charge >= 0.3 is 0 Å². The Morgan fingerprint density at radius 1 is 1.12 bits per heavy atom. The molecule has 1 saturated heterocycles. The Morgan fingerprint density at radius 2 is 1.75 bits per heavy atom. The number of hydrogen-bond acceptors (Lipinski definition) is 2. The number of amides is 1. The fourth-order valence-corrected chi connectivity index (χ4v) is 3.56. The van der Waals surface area contributed by atoms with Crippen LogP contribution in [0.25, 0.3) is 0 Å². The van der Waals surface area contributed by atoms with Gasteiger partial charge in [-0.2, -0.15) is 0 Å². The zero-order valence-electron chi connectivity index (χ0n) is 9.90. The number of fused-ring (bicyclic) bond motifs is 1. The van der Waals surface area contributed by atoms with Gasteiger partial charge in [-0.25, -0.2) is 0 Å². The van der Waals surface area contributed by atoms with E-state index < -0.39 is 0 Å². The summed E-state index contributed by atoms with van der Waals surface area (Å²) in [6, 6.07) is 0. The molecule has 0 spiro atoms. The summed E-state index contributed by atoms with van der Waals surface area (Å²) < 4.78 is 0. The van der Waals surface area contributed by atoms with Crippen molar-refractivity contribution in [1.29, 1.82) is 0 Å². The average Bonchev–Trinajstić information content (AvgIpc) is 2.95. The van der Waals surface area contributed by atoms with Crippen LogP contribution in [0.3, 0.4) is 0 Å². The van der Waals surface area contributed by atoms with Crippen molar-refractivity contribution in [2.45, 2.75) is 32.1 Å². The van der Waals surface area contributed by atoms with Gasteiger partial charge in [-0.05, 0) is 56.4 Å². The Bertz CT molecular complexity index is 274. The Morgan fingerprint density at radius 3 is 2.31 bits per heavy atom. The number of carbonyl (C=O) groups is 1. The lowest BCUT2D eigenvalue weighted by atomic mass is 9.95. The summed E-state index contributed by atoms with van der Waals surface area (Å²) in [5.74, 6) is 3.30. The van der Waals surface area contributed by atoms with E-state index in [2.05, 4.69) is 4.90 Å². The lowest BCUT2D eigenvalue weighted by molar-refractivity contribution is -0.137. The second-order valence-corrected chi connectivity index (χ2v) is 5.93. The molecule has 2 N–H and O–H groups in total. The highest BCUT2D eigenvalue weighted by atomic mass is 16.2. The third-order valence-electron chi connectivity index (χ3n) is 4.85. The number of nitrogens with zero attached hydrogens (tertiary/aromatic N) is 1. The lowest BCUT2D eigenvalue weighted by Crippen LogP contribution is -2.42. The molecular weight excluding hydrogens is 200 g/mol. The van der Waals surface area contributed by atoms with E-state index in [-0.39, 0.29) is 0 Å². The topological polar surface area (TPSA) is 46.3 Å². The average molecular weight is 222 g/mol. The van der Waals surface area contributed by atoms with Gasteiger partial charge in [0.2, 0.25) is 5.91 Å². The van der Waals surface area contributed by atoms with Crippen LogP contribution in [0.5, 0.6) is 0 Å². The van der Waals surface area contributed by atoms with Crippen molar-refractivity contribution in [1.82, 2.24) is 4.90 Å². The van der Waals surface area contributed by atoms with Crippen molar-refractivity contribution < 1.29 is 4.79 Å². The predicted octanol–water partition coefficient (Wildman–Crippen LogP) is 1.23. The molecular formula is C13H22N2O. The standard InChI is InChI=1S/C13H22N2O/c14-8-9-1-3-15(4-2-9)13(16)12-6-10-5-11(10)7-12/h9-12H,1-8,14H2. The second-order valence-electron chi connectivity index (χ2n) is 5.93. The number of rotatable bonds is 2. The predicted molar refractivity (Wildman–Crippen MR) is 62.7 cm³/mol. The molecule has 0 aromatic rings. The third kappa shape index (κ3) is 1.86. The highest BCUT2D eigenvalue weighted by molar-refractivity contribution is 5.79. The SMILES string of the molecule is NCC1CCN(C(=O)C2CC3CC3C2)CC1. The van der Waals surface area contributed by atoms with Gasteiger partial charge in [0, 0.05) is 19.0 Å². The molecule has 1 heterocycles. The van der Waals surface area contributed by atoms with Gasteiger partial charge in [0.15, 0.2) is 0 Å². The maximum absolute atomic E-state index is 12.3. The molecule has 90 valence electrons. The molecule has 0 bridgehead atoms. The minimum Gasteiger partial charge on any atom is -0.342 e. The van der Waals surface area contributed by atoms with E-state index in [4.69, 9.17) is 5.73 Å². The molecule has 3 fully saturated rings. The second kappa shape index (κ2) is 4.02. The van der Waals surface area contributed by atoms with E-state index in [1.54, 1.807) is 0 Å². The Labute approximate surface area is 97.4 Å². The van der Waals surface area contributed by atoms with Crippen LogP contribution in [0, 0.1) is 23.7 Å². The van der Waals surface area contributed by atoms with Crippen molar-refractivity contribution in [3.63, 3.8) is 0 Å². The Balaban J connectivity index is 1.51. The van der Waals surface area contributed by atoms with Gasteiger partial charge in [-0.15, -0.1) is 0 Å². The van der Waals surface area contributed by atoms with E-state index in [9.17, 15) is 4.79 Å². The Kier molecular flexibility index (Phi) is 2.66. The summed E-state index contributed by atoms with van der Waals surface area (Å²) in [5, 5.41) is 0. The number of carbonyl (C=O) groups excluding carboxylic acids is 1. The van der Waals surface area contributed by atoms with Crippen LogP contribution in [0.2, 0.25) is 0 Å². The highest BCUT2D eigenvalue weighted by Gasteiger charge is 2.48. The summed E-state index contributed by atoms with van der Waals surface area (Å²) in [6.07, 6.45) is 5.99. The van der Waals surface area contributed by atoms with Crippen molar-refractivity contribution in [2.24, 2.45) is 29.4 Å². The van der Waals surface area contributed by atoms with E-state index in [0.29, 0.717) is 17.7 Å². The largest absolute Gasteiger partial charge is 0.342 e. The van der Waals surface area contributed by atoms with E-state index in [1.807, 2.05) is 0 Å². The van der Waals surface area contributed by atoms with Gasteiger partial charge in [0.05, 0.1) is 0 Å². The monoisotopic (exact) mass is 222 g/mol. The first kappa shape index (κ1) is 10.6. The summed E-state index contributed by atoms with van der Waals surface area (Å²) in [4.78, 5) is 14.4. The quantitative estimate of drug-likeness (QED) is 0.764. The summed E-state index contributed by atoms with van der Waals surface area (Å²) in [6.45, 7) is 2.69. The smallest absolute Gasteiger partial charge is 0.225 e. The molecule has 3 heteroatoms. The van der Waals surface area contributed by atoms with Gasteiger partial charge in [0.1, 0.15) is 0 Å². The first-order valence-electron chi connectivity index (χ1n) is 6.76. The summed E-state index contributed by atoms with van der Waals surface area (Å²) in [5.41, 5.74) is 5.67. The molecule has 3 nitrogen and oxygen atoms in total. The van der Waals surface area contributed by atoms with Crippen LogP contribution in [-0.4, -0.2) is 30.4 Å². The van der Waals surface area contributed by atoms with Crippen LogP contribution in [0.4, 0.5) is 0 Å². The molecule has 3 aliphatic rings. The first-order chi connectivity index (χ1) is 7.78. The van der Waals surface area contributed by atoms with E-state index in [0.717, 1.165) is 44.3 Å². The summed E-state index contributed by atoms with van der Waals surface area (Å²) in [7, 11) is 0. The number of hydrogen-bond donors (Lipinski definition) is 1. The minimum atomic E-state index is 0.373. The van der Waals surface area contributed by atoms with Gasteiger partial charge in [0.25, 0.3) is 0 Å². The van der Waals surface area contributed by atoms with Gasteiger partial charge in [-0.3, -0.25) is 4.79 Å². The molecule has 0 radical (unpaired) electrons. The van der Waals surface area contributed by atoms with E-state index >= 15 is 0 Å². The number of nitrogens with two attached hydrogens (primary N) is 1. The van der Waals surface area contributed by atoms with Crippen molar-refractivity contribution in [2.75, 3.05) is 19.6 Å². The van der Waals surface area contributed by atoms with Crippen molar-refractivity contribution in [3.05, 3.63) is 0 Å². The minimum absolute atomic E-state index is 0.373.